The Balaban J connectivity index is 1.28. The summed E-state index contributed by atoms with van der Waals surface area (Å²) in [5.74, 6) is -0.112. The summed E-state index contributed by atoms with van der Waals surface area (Å²) in [5.41, 5.74) is 3.01. The molecule has 176 valence electrons. The minimum absolute atomic E-state index is 0.0476. The van der Waals surface area contributed by atoms with Gasteiger partial charge in [-0.15, -0.1) is 11.3 Å². The summed E-state index contributed by atoms with van der Waals surface area (Å²) >= 11 is 1.67. The van der Waals surface area contributed by atoms with E-state index in [-0.39, 0.29) is 23.1 Å². The van der Waals surface area contributed by atoms with Crippen LogP contribution in [0.2, 0.25) is 0 Å². The molecule has 1 fully saturated rings. The van der Waals surface area contributed by atoms with Gasteiger partial charge in [0.15, 0.2) is 5.76 Å². The lowest BCUT2D eigenvalue weighted by Gasteiger charge is -2.23. The van der Waals surface area contributed by atoms with Gasteiger partial charge in [-0.3, -0.25) is 4.79 Å². The number of anilines is 1. The Morgan fingerprint density at radius 3 is 2.65 bits per heavy atom. The molecule has 0 aliphatic carbocycles. The minimum Gasteiger partial charge on any atom is -0.360 e. The highest BCUT2D eigenvalue weighted by molar-refractivity contribution is 7.89. The van der Waals surface area contributed by atoms with Crippen molar-refractivity contribution in [3.05, 3.63) is 70.6 Å². The van der Waals surface area contributed by atoms with Crippen molar-refractivity contribution in [3.8, 4) is 0 Å². The fourth-order valence-corrected chi connectivity index (χ4v) is 7.30. The number of thiazole rings is 1. The SMILES string of the molecule is Cc1noc(C)c1S(=O)(=O)N1CCCC1C(=O)Nc1ccc(Cc2nc3ccccc3s2)cc1. The van der Waals surface area contributed by atoms with Crippen LogP contribution in [0.15, 0.2) is 57.9 Å². The highest BCUT2D eigenvalue weighted by Gasteiger charge is 2.41. The lowest BCUT2D eigenvalue weighted by molar-refractivity contribution is -0.119. The monoisotopic (exact) mass is 496 g/mol. The van der Waals surface area contributed by atoms with Gasteiger partial charge in [0.05, 0.1) is 15.2 Å². The molecule has 10 heteroatoms. The summed E-state index contributed by atoms with van der Waals surface area (Å²) in [6.45, 7) is 3.43. The molecule has 3 heterocycles. The lowest BCUT2D eigenvalue weighted by Crippen LogP contribution is -2.43. The number of hydrogen-bond acceptors (Lipinski definition) is 7. The first-order valence-electron chi connectivity index (χ1n) is 11.0. The Morgan fingerprint density at radius 2 is 1.94 bits per heavy atom. The molecule has 0 spiro atoms. The maximum atomic E-state index is 13.2. The number of nitrogens with zero attached hydrogens (tertiary/aromatic N) is 3. The molecule has 1 amide bonds. The van der Waals surface area contributed by atoms with Crippen molar-refractivity contribution in [1.29, 1.82) is 0 Å². The van der Waals surface area contributed by atoms with Crippen molar-refractivity contribution in [2.24, 2.45) is 0 Å². The average Bonchev–Trinajstić information content (AvgIpc) is 3.53. The highest BCUT2D eigenvalue weighted by Crippen LogP contribution is 2.30. The number of amides is 1. The average molecular weight is 497 g/mol. The number of nitrogens with one attached hydrogen (secondary N) is 1. The van der Waals surface area contributed by atoms with Crippen molar-refractivity contribution in [2.75, 3.05) is 11.9 Å². The second-order valence-electron chi connectivity index (χ2n) is 8.37. The third-order valence-corrected chi connectivity index (χ3v) is 9.15. The Labute approximate surface area is 201 Å². The molecule has 2 aromatic carbocycles. The van der Waals surface area contributed by atoms with E-state index in [1.807, 2.05) is 42.5 Å². The molecule has 1 saturated heterocycles. The number of carbonyl (C=O) groups is 1. The van der Waals surface area contributed by atoms with Crippen LogP contribution in [0.3, 0.4) is 0 Å². The van der Waals surface area contributed by atoms with Crippen LogP contribution in [0.25, 0.3) is 10.2 Å². The summed E-state index contributed by atoms with van der Waals surface area (Å²) in [4.78, 5) is 17.7. The van der Waals surface area contributed by atoms with Crippen LogP contribution in [0.4, 0.5) is 5.69 Å². The van der Waals surface area contributed by atoms with Crippen LogP contribution in [0.1, 0.15) is 34.9 Å². The number of benzene rings is 2. The van der Waals surface area contributed by atoms with Crippen LogP contribution in [-0.2, 0) is 21.2 Å². The van der Waals surface area contributed by atoms with Gasteiger partial charge >= 0.3 is 0 Å². The first kappa shape index (κ1) is 22.7. The third kappa shape index (κ3) is 4.24. The fraction of sp³-hybridized carbons (Fsp3) is 0.292. The second-order valence-corrected chi connectivity index (χ2v) is 11.3. The third-order valence-electron chi connectivity index (χ3n) is 5.96. The van der Waals surface area contributed by atoms with Gasteiger partial charge in [0.1, 0.15) is 16.6 Å². The summed E-state index contributed by atoms with van der Waals surface area (Å²) in [6.07, 6.45) is 1.78. The molecule has 0 saturated carbocycles. The quantitative estimate of drug-likeness (QED) is 0.427. The van der Waals surface area contributed by atoms with E-state index in [4.69, 9.17) is 4.52 Å². The number of para-hydroxylation sites is 1. The first-order chi connectivity index (χ1) is 16.3. The molecule has 1 N–H and O–H groups in total. The summed E-state index contributed by atoms with van der Waals surface area (Å²) < 4.78 is 33.9. The van der Waals surface area contributed by atoms with Crippen LogP contribution in [0, 0.1) is 13.8 Å². The van der Waals surface area contributed by atoms with Gasteiger partial charge in [0.25, 0.3) is 0 Å². The predicted molar refractivity (Wildman–Crippen MR) is 130 cm³/mol. The fourth-order valence-electron chi connectivity index (χ4n) is 4.35. The lowest BCUT2D eigenvalue weighted by atomic mass is 10.1. The van der Waals surface area contributed by atoms with Crippen molar-refractivity contribution >= 4 is 43.2 Å². The topological polar surface area (TPSA) is 105 Å². The molecule has 0 radical (unpaired) electrons. The zero-order valence-electron chi connectivity index (χ0n) is 18.8. The molecular weight excluding hydrogens is 472 g/mol. The van der Waals surface area contributed by atoms with E-state index in [1.54, 1.807) is 25.2 Å². The first-order valence-corrected chi connectivity index (χ1v) is 13.3. The molecule has 0 bridgehead atoms. The van der Waals surface area contributed by atoms with E-state index in [1.165, 1.54) is 4.31 Å². The molecule has 1 aliphatic heterocycles. The molecule has 1 atom stereocenters. The Kier molecular flexibility index (Phi) is 5.97. The maximum Gasteiger partial charge on any atom is 0.249 e. The summed E-state index contributed by atoms with van der Waals surface area (Å²) in [6, 6.07) is 14.9. The van der Waals surface area contributed by atoms with E-state index >= 15 is 0 Å². The van der Waals surface area contributed by atoms with E-state index in [2.05, 4.69) is 21.5 Å². The molecule has 1 unspecified atom stereocenters. The number of carbonyl (C=O) groups excluding carboxylic acids is 1. The zero-order valence-corrected chi connectivity index (χ0v) is 20.4. The van der Waals surface area contributed by atoms with Crippen molar-refractivity contribution < 1.29 is 17.7 Å². The minimum atomic E-state index is -3.89. The molecule has 2 aromatic heterocycles. The van der Waals surface area contributed by atoms with E-state index < -0.39 is 16.1 Å². The highest BCUT2D eigenvalue weighted by atomic mass is 32.2. The Bertz CT molecular complexity index is 1410. The van der Waals surface area contributed by atoms with Gasteiger partial charge in [-0.05, 0) is 56.5 Å². The van der Waals surface area contributed by atoms with Crippen molar-refractivity contribution in [1.82, 2.24) is 14.4 Å². The van der Waals surface area contributed by atoms with Gasteiger partial charge in [0.2, 0.25) is 15.9 Å². The molecule has 5 rings (SSSR count). The molecule has 1 aliphatic rings. The summed E-state index contributed by atoms with van der Waals surface area (Å²) in [5, 5.41) is 7.66. The predicted octanol–water partition coefficient (Wildman–Crippen LogP) is 4.28. The molecular formula is C24H24N4O4S2. The van der Waals surface area contributed by atoms with Gasteiger partial charge in [0, 0.05) is 18.7 Å². The van der Waals surface area contributed by atoms with Crippen LogP contribution in [0.5, 0.6) is 0 Å². The largest absolute Gasteiger partial charge is 0.360 e. The molecule has 34 heavy (non-hydrogen) atoms. The Hall–Kier alpha value is -3.08. The van der Waals surface area contributed by atoms with E-state index in [0.717, 1.165) is 20.8 Å². The maximum absolute atomic E-state index is 13.2. The van der Waals surface area contributed by atoms with Gasteiger partial charge < -0.3 is 9.84 Å². The number of aromatic nitrogens is 2. The second kappa shape index (κ2) is 8.94. The molecule has 8 nitrogen and oxygen atoms in total. The van der Waals surface area contributed by atoms with Crippen molar-refractivity contribution in [2.45, 2.75) is 44.0 Å². The number of sulfonamides is 1. The van der Waals surface area contributed by atoms with Crippen LogP contribution < -0.4 is 5.32 Å². The van der Waals surface area contributed by atoms with E-state index in [9.17, 15) is 13.2 Å². The number of fused-ring (bicyclic) bond motifs is 1. The normalized spacial score (nSPS) is 16.8. The van der Waals surface area contributed by atoms with Gasteiger partial charge in [-0.2, -0.15) is 4.31 Å². The van der Waals surface area contributed by atoms with Gasteiger partial charge in [-0.25, -0.2) is 13.4 Å². The number of aryl methyl sites for hydroxylation is 2. The molecule has 4 aromatic rings. The van der Waals surface area contributed by atoms with Crippen LogP contribution in [-0.4, -0.2) is 41.4 Å². The zero-order chi connectivity index (χ0) is 23.9. The van der Waals surface area contributed by atoms with E-state index in [0.29, 0.717) is 30.6 Å². The van der Waals surface area contributed by atoms with Gasteiger partial charge in [-0.1, -0.05) is 29.4 Å². The van der Waals surface area contributed by atoms with Crippen molar-refractivity contribution in [3.63, 3.8) is 0 Å². The number of rotatable bonds is 6. The number of hydrogen-bond donors (Lipinski definition) is 1. The van der Waals surface area contributed by atoms with Crippen LogP contribution >= 0.6 is 11.3 Å². The smallest absolute Gasteiger partial charge is 0.249 e. The summed E-state index contributed by atoms with van der Waals surface area (Å²) in [7, 11) is -3.89. The Morgan fingerprint density at radius 1 is 1.18 bits per heavy atom. The standard InChI is InChI=1S/C24H24N4O4S2/c1-15-23(16(2)32-27-15)34(30,31)28-13-5-7-20(28)24(29)25-18-11-9-17(10-12-18)14-22-26-19-6-3-4-8-21(19)33-22/h3-4,6,8-12,20H,5,7,13-14H2,1-2H3,(H,25,29).